The Morgan fingerprint density at radius 2 is 0.825 bits per heavy atom. The topological polar surface area (TPSA) is 29.5 Å². The molecular formula is C36H21NO2S. The number of benzene rings is 6. The molecule has 0 aliphatic rings. The Labute approximate surface area is 233 Å². The van der Waals surface area contributed by atoms with Gasteiger partial charge in [-0.05, 0) is 72.8 Å². The van der Waals surface area contributed by atoms with Gasteiger partial charge in [0.05, 0.1) is 0 Å². The molecule has 188 valence electrons. The molecule has 3 heterocycles. The molecule has 3 nitrogen and oxygen atoms in total. The van der Waals surface area contributed by atoms with Gasteiger partial charge in [-0.15, -0.1) is 11.3 Å². The van der Waals surface area contributed by atoms with E-state index in [0.29, 0.717) is 0 Å². The van der Waals surface area contributed by atoms with Crippen molar-refractivity contribution in [3.05, 3.63) is 127 Å². The molecule has 0 fully saturated rings. The molecule has 0 aliphatic carbocycles. The van der Waals surface area contributed by atoms with Crippen LogP contribution in [0.3, 0.4) is 0 Å². The molecule has 40 heavy (non-hydrogen) atoms. The summed E-state index contributed by atoms with van der Waals surface area (Å²) in [7, 11) is 0. The molecule has 3 aromatic heterocycles. The summed E-state index contributed by atoms with van der Waals surface area (Å²) in [6.45, 7) is 0. The zero-order valence-corrected chi connectivity index (χ0v) is 22.1. The summed E-state index contributed by atoms with van der Waals surface area (Å²) in [4.78, 5) is 2.34. The van der Waals surface area contributed by atoms with Crippen LogP contribution in [0.2, 0.25) is 0 Å². The molecule has 6 aromatic carbocycles. The number of nitrogens with zero attached hydrogens (tertiary/aromatic N) is 1. The van der Waals surface area contributed by atoms with Crippen LogP contribution >= 0.6 is 11.3 Å². The van der Waals surface area contributed by atoms with Gasteiger partial charge in [0.25, 0.3) is 0 Å². The molecular weight excluding hydrogens is 510 g/mol. The highest BCUT2D eigenvalue weighted by Crippen LogP contribution is 2.43. The van der Waals surface area contributed by atoms with Crippen LogP contribution in [0.1, 0.15) is 0 Å². The number of thiophene rings is 1. The molecule has 0 amide bonds. The van der Waals surface area contributed by atoms with E-state index in [1.54, 1.807) is 0 Å². The van der Waals surface area contributed by atoms with Crippen molar-refractivity contribution in [2.75, 3.05) is 4.90 Å². The van der Waals surface area contributed by atoms with Crippen molar-refractivity contribution >= 4 is 92.4 Å². The summed E-state index contributed by atoms with van der Waals surface area (Å²) in [5.41, 5.74) is 6.84. The van der Waals surface area contributed by atoms with Crippen molar-refractivity contribution in [2.24, 2.45) is 0 Å². The van der Waals surface area contributed by atoms with Gasteiger partial charge in [-0.3, -0.25) is 0 Å². The number of hydrogen-bond acceptors (Lipinski definition) is 4. The zero-order chi connectivity index (χ0) is 26.2. The van der Waals surface area contributed by atoms with Crippen LogP contribution in [-0.4, -0.2) is 0 Å². The fraction of sp³-hybridized carbons (Fsp3) is 0. The lowest BCUT2D eigenvalue weighted by molar-refractivity contribution is 0.668. The fourth-order valence-electron chi connectivity index (χ4n) is 6.01. The van der Waals surface area contributed by atoms with Crippen molar-refractivity contribution in [1.82, 2.24) is 0 Å². The van der Waals surface area contributed by atoms with E-state index in [4.69, 9.17) is 8.83 Å². The maximum absolute atomic E-state index is 6.16. The normalized spacial score (nSPS) is 12.0. The first kappa shape index (κ1) is 21.8. The standard InChI is InChI=1S/C36H21NO2S/c1-4-10-31-25(7-1)28-19-22(13-16-33(28)38-31)37(23-14-17-34-29(20-23)26-8-2-5-11-32(26)39-34)24-15-18-36-30(21-24)27-9-3-6-12-35(27)40-36/h1-21H. The first-order valence-corrected chi connectivity index (χ1v) is 14.2. The van der Waals surface area contributed by atoms with Crippen LogP contribution in [0.5, 0.6) is 0 Å². The highest BCUT2D eigenvalue weighted by molar-refractivity contribution is 7.25. The van der Waals surface area contributed by atoms with Crippen LogP contribution in [0.15, 0.2) is 136 Å². The maximum atomic E-state index is 6.16. The van der Waals surface area contributed by atoms with Gasteiger partial charge in [0, 0.05) is 58.8 Å². The lowest BCUT2D eigenvalue weighted by Crippen LogP contribution is -2.09. The second-order valence-electron chi connectivity index (χ2n) is 10.2. The minimum absolute atomic E-state index is 0.889. The van der Waals surface area contributed by atoms with Gasteiger partial charge in [-0.25, -0.2) is 0 Å². The second-order valence-corrected chi connectivity index (χ2v) is 11.3. The lowest BCUT2D eigenvalue weighted by atomic mass is 10.1. The Hall–Kier alpha value is -5.06. The molecule has 0 unspecified atom stereocenters. The van der Waals surface area contributed by atoms with Gasteiger partial charge in [-0.2, -0.15) is 0 Å². The number of fused-ring (bicyclic) bond motifs is 9. The van der Waals surface area contributed by atoms with Crippen molar-refractivity contribution in [3.8, 4) is 0 Å². The number of anilines is 3. The third kappa shape index (κ3) is 3.17. The summed E-state index contributed by atoms with van der Waals surface area (Å²) < 4.78 is 14.9. The first-order chi connectivity index (χ1) is 19.8. The Morgan fingerprint density at radius 3 is 1.45 bits per heavy atom. The molecule has 9 aromatic rings. The van der Waals surface area contributed by atoms with Crippen LogP contribution in [0.25, 0.3) is 64.0 Å². The Kier molecular flexibility index (Phi) is 4.48. The zero-order valence-electron chi connectivity index (χ0n) is 21.3. The molecule has 4 heteroatoms. The molecule has 0 N–H and O–H groups in total. The minimum Gasteiger partial charge on any atom is -0.456 e. The van der Waals surface area contributed by atoms with Crippen LogP contribution in [-0.2, 0) is 0 Å². The Balaban J connectivity index is 1.32. The van der Waals surface area contributed by atoms with Gasteiger partial charge in [0.2, 0.25) is 0 Å². The van der Waals surface area contributed by atoms with Gasteiger partial charge >= 0.3 is 0 Å². The minimum atomic E-state index is 0.889. The quantitative estimate of drug-likeness (QED) is 0.227. The number of furan rings is 2. The number of hydrogen-bond donors (Lipinski definition) is 0. The number of para-hydroxylation sites is 2. The summed E-state index contributed by atoms with van der Waals surface area (Å²) in [6.07, 6.45) is 0. The van der Waals surface area contributed by atoms with Crippen molar-refractivity contribution < 1.29 is 8.83 Å². The summed E-state index contributed by atoms with van der Waals surface area (Å²) in [6, 6.07) is 44.9. The van der Waals surface area contributed by atoms with E-state index in [1.807, 2.05) is 35.6 Å². The maximum Gasteiger partial charge on any atom is 0.135 e. The van der Waals surface area contributed by atoms with Crippen LogP contribution < -0.4 is 4.90 Å². The van der Waals surface area contributed by atoms with Gasteiger partial charge < -0.3 is 13.7 Å². The molecule has 0 bridgehead atoms. The lowest BCUT2D eigenvalue weighted by Gasteiger charge is -2.26. The summed E-state index contributed by atoms with van der Waals surface area (Å²) in [5.74, 6) is 0. The SMILES string of the molecule is c1ccc2c(c1)oc1ccc(N(c3ccc4oc5ccccc5c4c3)c3ccc4sc5ccccc5c4c3)cc12. The fourth-order valence-corrected chi connectivity index (χ4v) is 7.09. The molecule has 0 spiro atoms. The molecule has 0 saturated carbocycles. The summed E-state index contributed by atoms with van der Waals surface area (Å²) in [5, 5.41) is 7.01. The smallest absolute Gasteiger partial charge is 0.135 e. The molecule has 0 saturated heterocycles. The highest BCUT2D eigenvalue weighted by atomic mass is 32.1. The predicted molar refractivity (Wildman–Crippen MR) is 169 cm³/mol. The summed E-state index contributed by atoms with van der Waals surface area (Å²) >= 11 is 1.84. The second kappa shape index (κ2) is 8.22. The van der Waals surface area contributed by atoms with E-state index >= 15 is 0 Å². The monoisotopic (exact) mass is 531 g/mol. The van der Waals surface area contributed by atoms with Gasteiger partial charge in [0.15, 0.2) is 0 Å². The predicted octanol–water partition coefficient (Wildman–Crippen LogP) is 11.3. The first-order valence-electron chi connectivity index (χ1n) is 13.3. The molecule has 9 rings (SSSR count). The molecule has 0 atom stereocenters. The van der Waals surface area contributed by atoms with Crippen LogP contribution in [0, 0.1) is 0 Å². The van der Waals surface area contributed by atoms with Gasteiger partial charge in [0.1, 0.15) is 22.3 Å². The largest absolute Gasteiger partial charge is 0.456 e. The Bertz CT molecular complexity index is 2140. The average Bonchev–Trinajstić information content (AvgIpc) is 3.68. The van der Waals surface area contributed by atoms with Crippen molar-refractivity contribution in [2.45, 2.75) is 0 Å². The third-order valence-electron chi connectivity index (χ3n) is 7.86. The van der Waals surface area contributed by atoms with E-state index in [2.05, 4.69) is 108 Å². The van der Waals surface area contributed by atoms with Crippen molar-refractivity contribution in [3.63, 3.8) is 0 Å². The van der Waals surface area contributed by atoms with E-state index in [0.717, 1.165) is 60.9 Å². The van der Waals surface area contributed by atoms with E-state index in [-0.39, 0.29) is 0 Å². The number of rotatable bonds is 3. The van der Waals surface area contributed by atoms with E-state index in [1.165, 1.54) is 20.2 Å². The van der Waals surface area contributed by atoms with Gasteiger partial charge in [-0.1, -0.05) is 54.6 Å². The molecule has 0 radical (unpaired) electrons. The van der Waals surface area contributed by atoms with Crippen molar-refractivity contribution in [1.29, 1.82) is 0 Å². The highest BCUT2D eigenvalue weighted by Gasteiger charge is 2.18. The Morgan fingerprint density at radius 1 is 0.375 bits per heavy atom. The third-order valence-corrected chi connectivity index (χ3v) is 9.01. The van der Waals surface area contributed by atoms with Crippen LogP contribution in [0.4, 0.5) is 17.1 Å². The van der Waals surface area contributed by atoms with E-state index in [9.17, 15) is 0 Å². The van der Waals surface area contributed by atoms with E-state index < -0.39 is 0 Å². The average molecular weight is 532 g/mol. The molecule has 0 aliphatic heterocycles.